The molecular weight excluding hydrogens is 394 g/mol. The number of carbonyl (C=O) groups is 1. The van der Waals surface area contributed by atoms with Crippen molar-refractivity contribution in [2.75, 3.05) is 39.9 Å². The van der Waals surface area contributed by atoms with Crippen LogP contribution in [-0.4, -0.2) is 61.1 Å². The van der Waals surface area contributed by atoms with E-state index in [0.717, 1.165) is 12.0 Å². The molecule has 0 spiro atoms. The largest absolute Gasteiger partial charge is 0.480 e. The summed E-state index contributed by atoms with van der Waals surface area (Å²) in [7, 11) is 4.67. The normalized spacial score (nSPS) is 11.9. The number of ether oxygens (including phenoxy) is 3. The first-order valence-electron chi connectivity index (χ1n) is 9.05. The summed E-state index contributed by atoms with van der Waals surface area (Å²) in [5.74, 6) is -0.284. The highest BCUT2D eigenvalue weighted by Crippen LogP contribution is 2.34. The van der Waals surface area contributed by atoms with Crippen molar-refractivity contribution < 1.29 is 19.0 Å². The van der Waals surface area contributed by atoms with Crippen molar-refractivity contribution in [3.05, 3.63) is 35.1 Å². The first-order valence-corrected chi connectivity index (χ1v) is 9.87. The van der Waals surface area contributed by atoms with Gasteiger partial charge in [0.05, 0.1) is 36.9 Å². The minimum absolute atomic E-state index is 0.0794. The second-order valence-electron chi connectivity index (χ2n) is 6.38. The number of aromatic nitrogens is 3. The van der Waals surface area contributed by atoms with Crippen molar-refractivity contribution >= 4 is 33.8 Å². The Hall–Kier alpha value is -2.56. The Balaban J connectivity index is 2.19. The van der Waals surface area contributed by atoms with Crippen LogP contribution in [0.5, 0.6) is 0 Å². The van der Waals surface area contributed by atoms with Crippen LogP contribution in [0.15, 0.2) is 19.0 Å². The maximum atomic E-state index is 12.6. The monoisotopic (exact) mass is 421 g/mol. The molecule has 29 heavy (non-hydrogen) atoms. The summed E-state index contributed by atoms with van der Waals surface area (Å²) >= 11 is 1.27. The Morgan fingerprint density at radius 1 is 1.34 bits per heavy atom. The van der Waals surface area contributed by atoms with Crippen LogP contribution in [0.25, 0.3) is 5.57 Å². The number of anilines is 1. The van der Waals surface area contributed by atoms with Gasteiger partial charge in [-0.15, -0.1) is 0 Å². The summed E-state index contributed by atoms with van der Waals surface area (Å²) in [4.78, 5) is 17.7. The molecule has 2 heterocycles. The van der Waals surface area contributed by atoms with Crippen molar-refractivity contribution in [3.8, 4) is 0 Å². The molecule has 1 unspecified atom stereocenters. The lowest BCUT2D eigenvalue weighted by atomic mass is 9.97. The average molecular weight is 422 g/mol. The smallest absolute Gasteiger partial charge is 0.260 e. The summed E-state index contributed by atoms with van der Waals surface area (Å²) in [6.45, 7) is 7.86. The van der Waals surface area contributed by atoms with Gasteiger partial charge in [-0.3, -0.25) is 20.2 Å². The number of hydrogen-bond donors (Lipinski definition) is 2. The predicted molar refractivity (Wildman–Crippen MR) is 113 cm³/mol. The fourth-order valence-corrected chi connectivity index (χ4v) is 3.53. The molecule has 0 radical (unpaired) electrons. The Morgan fingerprint density at radius 3 is 2.72 bits per heavy atom. The lowest BCUT2D eigenvalue weighted by Gasteiger charge is -2.13. The number of allylic oxidation sites excluding steroid dienone is 1. The number of rotatable bonds is 11. The zero-order valence-corrected chi connectivity index (χ0v) is 18.0. The first-order chi connectivity index (χ1) is 13.9. The number of hydrogen-bond acceptors (Lipinski definition) is 8. The zero-order chi connectivity index (χ0) is 21.4. The van der Waals surface area contributed by atoms with Crippen molar-refractivity contribution in [2.24, 2.45) is 5.92 Å². The van der Waals surface area contributed by atoms with Gasteiger partial charge in [0.1, 0.15) is 5.69 Å². The molecule has 0 aromatic carbocycles. The van der Waals surface area contributed by atoms with E-state index in [-0.39, 0.29) is 17.7 Å². The molecule has 0 bridgehead atoms. The number of methoxy groups -OCH3 is 3. The third kappa shape index (κ3) is 5.96. The standard InChI is InChI=1S/C19H27N5O4S/c1-12(6-8-26-3)13(2)16-15(17(20)28-5)22-19(29-16)23-18(25)14-10-21-24(11-14)7-9-27-4/h10-12,20H,2,6-9H2,1,3-5H3,(H,22,23,25). The molecule has 10 heteroatoms. The molecule has 0 aliphatic rings. The lowest BCUT2D eigenvalue weighted by molar-refractivity contribution is 0.102. The third-order valence-electron chi connectivity index (χ3n) is 4.33. The van der Waals surface area contributed by atoms with Crippen LogP contribution in [0.3, 0.4) is 0 Å². The van der Waals surface area contributed by atoms with Gasteiger partial charge >= 0.3 is 0 Å². The second kappa shape index (κ2) is 10.8. The van der Waals surface area contributed by atoms with Crippen molar-refractivity contribution in [1.82, 2.24) is 14.8 Å². The molecular formula is C19H27N5O4S. The number of thiazole rings is 1. The van der Waals surface area contributed by atoms with Gasteiger partial charge in [-0.2, -0.15) is 5.10 Å². The first kappa shape index (κ1) is 22.7. The van der Waals surface area contributed by atoms with Gasteiger partial charge in [-0.1, -0.05) is 24.8 Å². The van der Waals surface area contributed by atoms with E-state index in [9.17, 15) is 4.79 Å². The summed E-state index contributed by atoms with van der Waals surface area (Å²) in [6, 6.07) is 0. The van der Waals surface area contributed by atoms with Gasteiger partial charge in [0.25, 0.3) is 5.91 Å². The van der Waals surface area contributed by atoms with Crippen LogP contribution >= 0.6 is 11.3 Å². The maximum Gasteiger partial charge on any atom is 0.260 e. The molecule has 0 aliphatic heterocycles. The van der Waals surface area contributed by atoms with Crippen LogP contribution in [0.1, 0.15) is 34.3 Å². The Bertz CT molecular complexity index is 861. The minimum atomic E-state index is -0.331. The summed E-state index contributed by atoms with van der Waals surface area (Å²) in [5.41, 5.74) is 1.59. The van der Waals surface area contributed by atoms with Crippen LogP contribution < -0.4 is 5.32 Å². The number of nitrogens with one attached hydrogen (secondary N) is 2. The van der Waals surface area contributed by atoms with E-state index < -0.39 is 0 Å². The molecule has 2 rings (SSSR count). The summed E-state index contributed by atoms with van der Waals surface area (Å²) in [6.07, 6.45) is 3.92. The van der Waals surface area contributed by atoms with E-state index in [2.05, 4.69) is 22.0 Å². The molecule has 158 valence electrons. The van der Waals surface area contributed by atoms with E-state index in [1.165, 1.54) is 24.6 Å². The number of carbonyl (C=O) groups excluding carboxylic acids is 1. The minimum Gasteiger partial charge on any atom is -0.480 e. The highest BCUT2D eigenvalue weighted by molar-refractivity contribution is 7.17. The average Bonchev–Trinajstić information content (AvgIpc) is 3.36. The summed E-state index contributed by atoms with van der Waals surface area (Å²) < 4.78 is 16.8. The molecule has 0 fully saturated rings. The third-order valence-corrected chi connectivity index (χ3v) is 5.37. The molecule has 9 nitrogen and oxygen atoms in total. The molecule has 2 N–H and O–H groups in total. The van der Waals surface area contributed by atoms with Gasteiger partial charge in [0.2, 0.25) is 5.90 Å². The number of amides is 1. The molecule has 0 saturated heterocycles. The van der Waals surface area contributed by atoms with Gasteiger partial charge in [0, 0.05) is 27.0 Å². The molecule has 1 atom stereocenters. The van der Waals surface area contributed by atoms with E-state index >= 15 is 0 Å². The highest BCUT2D eigenvalue weighted by atomic mass is 32.1. The Morgan fingerprint density at radius 2 is 2.07 bits per heavy atom. The SMILES string of the molecule is C=C(c1sc(NC(=O)c2cnn(CCOC)c2)nc1C(=N)OC)C(C)CCOC. The van der Waals surface area contributed by atoms with Crippen molar-refractivity contribution in [3.63, 3.8) is 0 Å². The van der Waals surface area contributed by atoms with E-state index in [0.29, 0.717) is 41.0 Å². The van der Waals surface area contributed by atoms with E-state index in [1.54, 1.807) is 25.1 Å². The second-order valence-corrected chi connectivity index (χ2v) is 7.38. The molecule has 0 saturated carbocycles. The van der Waals surface area contributed by atoms with Crippen LogP contribution in [-0.2, 0) is 20.8 Å². The van der Waals surface area contributed by atoms with E-state index in [1.807, 2.05) is 6.92 Å². The molecule has 2 aromatic rings. The van der Waals surface area contributed by atoms with Crippen LogP contribution in [0.2, 0.25) is 0 Å². The molecule has 1 amide bonds. The lowest BCUT2D eigenvalue weighted by Crippen LogP contribution is -2.12. The Labute approximate surface area is 174 Å². The fraction of sp³-hybridized carbons (Fsp3) is 0.474. The molecule has 0 aliphatic carbocycles. The van der Waals surface area contributed by atoms with Crippen LogP contribution in [0, 0.1) is 11.3 Å². The van der Waals surface area contributed by atoms with Gasteiger partial charge < -0.3 is 14.2 Å². The topological polar surface area (TPSA) is 111 Å². The fourth-order valence-electron chi connectivity index (χ4n) is 2.49. The zero-order valence-electron chi connectivity index (χ0n) is 17.2. The highest BCUT2D eigenvalue weighted by Gasteiger charge is 2.22. The Kier molecular flexibility index (Phi) is 8.50. The quantitative estimate of drug-likeness (QED) is 0.426. The maximum absolute atomic E-state index is 12.6. The number of nitrogens with zero attached hydrogens (tertiary/aromatic N) is 3. The molecule has 2 aromatic heterocycles. The van der Waals surface area contributed by atoms with Crippen molar-refractivity contribution in [1.29, 1.82) is 5.41 Å². The van der Waals surface area contributed by atoms with Gasteiger partial charge in [-0.05, 0) is 17.9 Å². The van der Waals surface area contributed by atoms with Gasteiger partial charge in [0.15, 0.2) is 5.13 Å². The summed E-state index contributed by atoms with van der Waals surface area (Å²) in [5, 5.41) is 15.3. The predicted octanol–water partition coefficient (Wildman–Crippen LogP) is 2.90. The van der Waals surface area contributed by atoms with E-state index in [4.69, 9.17) is 19.6 Å². The van der Waals surface area contributed by atoms with Crippen molar-refractivity contribution in [2.45, 2.75) is 19.9 Å². The van der Waals surface area contributed by atoms with Crippen LogP contribution in [0.4, 0.5) is 5.13 Å². The van der Waals surface area contributed by atoms with Gasteiger partial charge in [-0.25, -0.2) is 4.98 Å².